The van der Waals surface area contributed by atoms with Crippen molar-refractivity contribution in [3.05, 3.63) is 35.6 Å². The quantitative estimate of drug-likeness (QED) is 0.654. The summed E-state index contributed by atoms with van der Waals surface area (Å²) >= 11 is 0. The molecule has 1 atom stereocenters. The second-order valence-electron chi connectivity index (χ2n) is 9.20. The van der Waals surface area contributed by atoms with Gasteiger partial charge in [-0.05, 0) is 81.4 Å². The molecule has 0 radical (unpaired) electrons. The fourth-order valence-electron chi connectivity index (χ4n) is 5.01. The van der Waals surface area contributed by atoms with E-state index < -0.39 is 0 Å². The van der Waals surface area contributed by atoms with E-state index in [-0.39, 0.29) is 29.3 Å². The normalized spacial score (nSPS) is 24.9. The van der Waals surface area contributed by atoms with E-state index in [1.54, 1.807) is 12.1 Å². The van der Waals surface area contributed by atoms with Gasteiger partial charge in [0.05, 0.1) is 0 Å². The summed E-state index contributed by atoms with van der Waals surface area (Å²) in [5.74, 6) is 1.19. The lowest BCUT2D eigenvalue weighted by molar-refractivity contribution is -0.121. The number of hydrogen-bond donors (Lipinski definition) is 1. The van der Waals surface area contributed by atoms with Gasteiger partial charge in [0, 0.05) is 17.4 Å². The van der Waals surface area contributed by atoms with Crippen LogP contribution >= 0.6 is 0 Å². The number of halogens is 1. The molecule has 160 valence electrons. The van der Waals surface area contributed by atoms with Crippen LogP contribution in [-0.4, -0.2) is 36.2 Å². The number of piperidine rings is 1. The van der Waals surface area contributed by atoms with E-state index in [2.05, 4.69) is 4.90 Å². The zero-order chi connectivity index (χ0) is 20.8. The Labute approximate surface area is 174 Å². The van der Waals surface area contributed by atoms with Gasteiger partial charge in [-0.2, -0.15) is 0 Å². The standard InChI is InChI=1S/C24H35FN2O2/c1-17(24(26)29)16-19-4-2-18(3-5-19)10-13-27-14-11-21(12-15-27)23(28)20-6-8-22(25)9-7-20/h6-9,17-19,21H,2-5,10-16H2,1H3,(H2,26,29). The predicted octanol–water partition coefficient (Wildman–Crippen LogP) is 4.43. The molecule has 0 bridgehead atoms. The van der Waals surface area contributed by atoms with E-state index >= 15 is 0 Å². The molecule has 1 aromatic carbocycles. The number of amides is 1. The van der Waals surface area contributed by atoms with Crippen LogP contribution in [0.3, 0.4) is 0 Å². The molecular weight excluding hydrogens is 367 g/mol. The zero-order valence-corrected chi connectivity index (χ0v) is 17.6. The number of nitrogens with zero attached hydrogens (tertiary/aromatic N) is 1. The fraction of sp³-hybridized carbons (Fsp3) is 0.667. The van der Waals surface area contributed by atoms with Gasteiger partial charge in [-0.3, -0.25) is 9.59 Å². The Morgan fingerprint density at radius 3 is 2.21 bits per heavy atom. The highest BCUT2D eigenvalue weighted by Crippen LogP contribution is 2.34. The Morgan fingerprint density at radius 1 is 1.03 bits per heavy atom. The van der Waals surface area contributed by atoms with Crippen LogP contribution in [0.1, 0.15) is 68.6 Å². The molecule has 4 nitrogen and oxygen atoms in total. The number of rotatable bonds is 8. The monoisotopic (exact) mass is 402 g/mol. The molecule has 1 aliphatic carbocycles. The third-order valence-electron chi connectivity index (χ3n) is 7.08. The van der Waals surface area contributed by atoms with Crippen LogP contribution in [0.2, 0.25) is 0 Å². The van der Waals surface area contributed by atoms with Crippen molar-refractivity contribution in [2.24, 2.45) is 29.4 Å². The lowest BCUT2D eigenvalue weighted by atomic mass is 9.77. The number of likely N-dealkylation sites (tertiary alicyclic amines) is 1. The molecule has 1 aromatic rings. The van der Waals surface area contributed by atoms with Crippen molar-refractivity contribution < 1.29 is 14.0 Å². The van der Waals surface area contributed by atoms with Gasteiger partial charge in [-0.25, -0.2) is 4.39 Å². The van der Waals surface area contributed by atoms with Gasteiger partial charge in [0.1, 0.15) is 5.82 Å². The highest BCUT2D eigenvalue weighted by atomic mass is 19.1. The van der Waals surface area contributed by atoms with Crippen LogP contribution in [-0.2, 0) is 4.79 Å². The smallest absolute Gasteiger partial charge is 0.220 e. The summed E-state index contributed by atoms with van der Waals surface area (Å²) in [6, 6.07) is 5.94. The number of nitrogens with two attached hydrogens (primary N) is 1. The maximum Gasteiger partial charge on any atom is 0.220 e. The number of carbonyl (C=O) groups excluding carboxylic acids is 2. The number of ketones is 1. The van der Waals surface area contributed by atoms with Crippen LogP contribution in [0, 0.1) is 29.5 Å². The summed E-state index contributed by atoms with van der Waals surface area (Å²) in [6.45, 7) is 5.01. The van der Waals surface area contributed by atoms with E-state index in [0.717, 1.165) is 44.8 Å². The van der Waals surface area contributed by atoms with Crippen molar-refractivity contribution in [2.75, 3.05) is 19.6 Å². The summed E-state index contributed by atoms with van der Waals surface area (Å²) in [7, 11) is 0. The average molecular weight is 403 g/mol. The molecule has 1 amide bonds. The number of carbonyl (C=O) groups is 2. The summed E-state index contributed by atoms with van der Waals surface area (Å²) in [5.41, 5.74) is 6.03. The molecule has 1 heterocycles. The molecule has 3 rings (SSSR count). The van der Waals surface area contributed by atoms with Crippen molar-refractivity contribution in [1.29, 1.82) is 0 Å². The van der Waals surface area contributed by atoms with Crippen LogP contribution in [0.15, 0.2) is 24.3 Å². The van der Waals surface area contributed by atoms with Gasteiger partial charge < -0.3 is 10.6 Å². The number of hydrogen-bond acceptors (Lipinski definition) is 3. The van der Waals surface area contributed by atoms with Gasteiger partial charge in [-0.15, -0.1) is 0 Å². The van der Waals surface area contributed by atoms with E-state index in [0.29, 0.717) is 11.5 Å². The van der Waals surface area contributed by atoms with Gasteiger partial charge in [0.15, 0.2) is 5.78 Å². The highest BCUT2D eigenvalue weighted by Gasteiger charge is 2.27. The topological polar surface area (TPSA) is 63.4 Å². The molecule has 1 unspecified atom stereocenters. The van der Waals surface area contributed by atoms with Crippen molar-refractivity contribution >= 4 is 11.7 Å². The maximum absolute atomic E-state index is 13.1. The van der Waals surface area contributed by atoms with Crippen molar-refractivity contribution in [3.63, 3.8) is 0 Å². The van der Waals surface area contributed by atoms with E-state index in [1.165, 1.54) is 44.2 Å². The molecule has 29 heavy (non-hydrogen) atoms. The van der Waals surface area contributed by atoms with Crippen LogP contribution in [0.4, 0.5) is 4.39 Å². The summed E-state index contributed by atoms with van der Waals surface area (Å²) in [5, 5.41) is 0. The SMILES string of the molecule is CC(CC1CCC(CCN2CCC(C(=O)c3ccc(F)cc3)CC2)CC1)C(N)=O. The van der Waals surface area contributed by atoms with Crippen LogP contribution in [0.5, 0.6) is 0 Å². The molecule has 0 spiro atoms. The molecule has 1 aliphatic heterocycles. The molecule has 5 heteroatoms. The molecular formula is C24H35FN2O2. The first kappa shape index (κ1) is 21.9. The maximum atomic E-state index is 13.1. The molecule has 0 aromatic heterocycles. The van der Waals surface area contributed by atoms with Crippen molar-refractivity contribution in [2.45, 2.75) is 58.3 Å². The Hall–Kier alpha value is -1.75. The van der Waals surface area contributed by atoms with E-state index in [9.17, 15) is 14.0 Å². The molecule has 2 N–H and O–H groups in total. The third kappa shape index (κ3) is 6.36. The Morgan fingerprint density at radius 2 is 1.62 bits per heavy atom. The number of Topliss-reactive ketones (excluding diaryl/α,β-unsaturated/α-hetero) is 1. The number of benzene rings is 1. The fourth-order valence-corrected chi connectivity index (χ4v) is 5.01. The minimum atomic E-state index is -0.298. The summed E-state index contributed by atoms with van der Waals surface area (Å²) in [6.07, 6.45) is 8.92. The molecule has 2 fully saturated rings. The minimum absolute atomic E-state index is 0.00420. The van der Waals surface area contributed by atoms with Gasteiger partial charge in [-0.1, -0.05) is 32.6 Å². The highest BCUT2D eigenvalue weighted by molar-refractivity contribution is 5.97. The molecule has 1 saturated carbocycles. The first-order valence-electron chi connectivity index (χ1n) is 11.2. The Bertz CT molecular complexity index is 675. The third-order valence-corrected chi connectivity index (χ3v) is 7.08. The lowest BCUT2D eigenvalue weighted by Gasteiger charge is -2.34. The first-order valence-corrected chi connectivity index (χ1v) is 11.2. The van der Waals surface area contributed by atoms with Gasteiger partial charge in [0.25, 0.3) is 0 Å². The minimum Gasteiger partial charge on any atom is -0.369 e. The van der Waals surface area contributed by atoms with E-state index in [1.807, 2.05) is 6.92 Å². The van der Waals surface area contributed by atoms with Gasteiger partial charge in [0.2, 0.25) is 5.91 Å². The zero-order valence-electron chi connectivity index (χ0n) is 17.6. The molecule has 1 saturated heterocycles. The van der Waals surface area contributed by atoms with E-state index in [4.69, 9.17) is 5.73 Å². The van der Waals surface area contributed by atoms with Crippen molar-refractivity contribution in [1.82, 2.24) is 4.90 Å². The Balaban J connectivity index is 1.34. The van der Waals surface area contributed by atoms with Gasteiger partial charge >= 0.3 is 0 Å². The van der Waals surface area contributed by atoms with Crippen molar-refractivity contribution in [3.8, 4) is 0 Å². The lowest BCUT2D eigenvalue weighted by Crippen LogP contribution is -2.37. The predicted molar refractivity (Wildman–Crippen MR) is 113 cm³/mol. The summed E-state index contributed by atoms with van der Waals surface area (Å²) < 4.78 is 13.1. The first-order chi connectivity index (χ1) is 13.9. The Kier molecular flexibility index (Phi) is 7.82. The summed E-state index contributed by atoms with van der Waals surface area (Å²) in [4.78, 5) is 26.4. The molecule has 2 aliphatic rings. The largest absolute Gasteiger partial charge is 0.369 e. The van der Waals surface area contributed by atoms with Crippen LogP contribution in [0.25, 0.3) is 0 Å². The average Bonchev–Trinajstić information content (AvgIpc) is 2.73. The second-order valence-corrected chi connectivity index (χ2v) is 9.20. The van der Waals surface area contributed by atoms with Crippen LogP contribution < -0.4 is 5.73 Å². The number of primary amides is 1. The second kappa shape index (κ2) is 10.3.